The number of nitrogens with zero attached hydrogens (tertiary/aromatic N) is 2. The van der Waals surface area contributed by atoms with Crippen molar-refractivity contribution in [3.05, 3.63) is 10.0 Å². The van der Waals surface area contributed by atoms with Gasteiger partial charge in [0.2, 0.25) is 0 Å². The van der Waals surface area contributed by atoms with Crippen molar-refractivity contribution < 1.29 is 4.74 Å². The third kappa shape index (κ3) is 2.96. The molecule has 0 saturated carbocycles. The molecular formula is C10H17N3OS. The standard InChI is InChI=1S/C10H17N3OS/c1-2-11-7-9-12-13-10(15-9)8-3-5-14-6-4-8/h8,11H,2-7H2,1H3. The van der Waals surface area contributed by atoms with Crippen molar-refractivity contribution in [1.82, 2.24) is 15.5 Å². The Labute approximate surface area is 94.1 Å². The van der Waals surface area contributed by atoms with E-state index in [0.29, 0.717) is 5.92 Å². The summed E-state index contributed by atoms with van der Waals surface area (Å²) in [5.41, 5.74) is 0. The monoisotopic (exact) mass is 227 g/mol. The Kier molecular flexibility index (Phi) is 4.05. The lowest BCUT2D eigenvalue weighted by molar-refractivity contribution is 0.0851. The number of nitrogens with one attached hydrogen (secondary N) is 1. The summed E-state index contributed by atoms with van der Waals surface area (Å²) >= 11 is 1.74. The van der Waals surface area contributed by atoms with Crippen LogP contribution < -0.4 is 5.32 Å². The van der Waals surface area contributed by atoms with Crippen LogP contribution in [0.5, 0.6) is 0 Å². The fraction of sp³-hybridized carbons (Fsp3) is 0.800. The van der Waals surface area contributed by atoms with Gasteiger partial charge in [-0.25, -0.2) is 0 Å². The van der Waals surface area contributed by atoms with Gasteiger partial charge in [0, 0.05) is 25.7 Å². The molecule has 0 aromatic carbocycles. The zero-order valence-corrected chi connectivity index (χ0v) is 9.85. The molecule has 1 N–H and O–H groups in total. The van der Waals surface area contributed by atoms with E-state index in [9.17, 15) is 0 Å². The van der Waals surface area contributed by atoms with Crippen molar-refractivity contribution in [2.24, 2.45) is 0 Å². The van der Waals surface area contributed by atoms with E-state index in [4.69, 9.17) is 4.74 Å². The molecule has 15 heavy (non-hydrogen) atoms. The van der Waals surface area contributed by atoms with Gasteiger partial charge in [0.05, 0.1) is 0 Å². The molecule has 2 heterocycles. The molecule has 0 amide bonds. The van der Waals surface area contributed by atoms with Crippen LogP contribution in [0.3, 0.4) is 0 Å². The first-order chi connectivity index (χ1) is 7.40. The summed E-state index contributed by atoms with van der Waals surface area (Å²) in [6.07, 6.45) is 2.19. The average molecular weight is 227 g/mol. The first-order valence-corrected chi connectivity index (χ1v) is 6.32. The lowest BCUT2D eigenvalue weighted by Crippen LogP contribution is -2.13. The molecule has 1 aromatic rings. The Morgan fingerprint density at radius 2 is 2.20 bits per heavy atom. The summed E-state index contributed by atoms with van der Waals surface area (Å²) < 4.78 is 5.34. The van der Waals surface area contributed by atoms with E-state index < -0.39 is 0 Å². The van der Waals surface area contributed by atoms with Gasteiger partial charge < -0.3 is 10.1 Å². The maximum absolute atomic E-state index is 5.34. The fourth-order valence-electron chi connectivity index (χ4n) is 1.68. The minimum Gasteiger partial charge on any atom is -0.381 e. The molecule has 0 atom stereocenters. The Morgan fingerprint density at radius 1 is 1.40 bits per heavy atom. The van der Waals surface area contributed by atoms with E-state index in [2.05, 4.69) is 22.4 Å². The van der Waals surface area contributed by atoms with E-state index in [1.165, 1.54) is 5.01 Å². The van der Waals surface area contributed by atoms with Crippen LogP contribution in [0.1, 0.15) is 35.7 Å². The third-order valence-corrected chi connectivity index (χ3v) is 3.66. The van der Waals surface area contributed by atoms with Gasteiger partial charge in [-0.05, 0) is 19.4 Å². The van der Waals surface area contributed by atoms with Gasteiger partial charge in [0.15, 0.2) is 0 Å². The molecule has 5 heteroatoms. The normalized spacial score (nSPS) is 18.2. The molecule has 1 aliphatic heterocycles. The Balaban J connectivity index is 1.93. The van der Waals surface area contributed by atoms with Gasteiger partial charge in [-0.2, -0.15) is 0 Å². The lowest BCUT2D eigenvalue weighted by atomic mass is 10.0. The number of rotatable bonds is 4. The van der Waals surface area contributed by atoms with E-state index in [-0.39, 0.29) is 0 Å². The summed E-state index contributed by atoms with van der Waals surface area (Å²) in [6, 6.07) is 0. The quantitative estimate of drug-likeness (QED) is 0.847. The first kappa shape index (κ1) is 11.0. The molecule has 0 radical (unpaired) electrons. The molecule has 0 unspecified atom stereocenters. The van der Waals surface area contributed by atoms with Crippen molar-refractivity contribution >= 4 is 11.3 Å². The van der Waals surface area contributed by atoms with Crippen LogP contribution in [0, 0.1) is 0 Å². The Hall–Kier alpha value is -0.520. The van der Waals surface area contributed by atoms with E-state index in [1.54, 1.807) is 11.3 Å². The summed E-state index contributed by atoms with van der Waals surface area (Å²) in [5, 5.41) is 14.0. The van der Waals surface area contributed by atoms with Gasteiger partial charge >= 0.3 is 0 Å². The number of hydrogen-bond acceptors (Lipinski definition) is 5. The topological polar surface area (TPSA) is 47.0 Å². The van der Waals surface area contributed by atoms with Crippen molar-refractivity contribution in [1.29, 1.82) is 0 Å². The summed E-state index contributed by atoms with van der Waals surface area (Å²) in [6.45, 7) is 5.66. The minimum absolute atomic E-state index is 0.576. The maximum Gasteiger partial charge on any atom is 0.131 e. The predicted octanol–water partition coefficient (Wildman–Crippen LogP) is 1.54. The Bertz CT molecular complexity index is 297. The van der Waals surface area contributed by atoms with Crippen molar-refractivity contribution in [3.63, 3.8) is 0 Å². The summed E-state index contributed by atoms with van der Waals surface area (Å²) in [4.78, 5) is 0. The minimum atomic E-state index is 0.576. The van der Waals surface area contributed by atoms with Crippen LogP contribution in [-0.4, -0.2) is 30.0 Å². The van der Waals surface area contributed by atoms with Gasteiger partial charge in [-0.15, -0.1) is 10.2 Å². The highest BCUT2D eigenvalue weighted by molar-refractivity contribution is 7.11. The molecule has 1 fully saturated rings. The molecule has 1 saturated heterocycles. The van der Waals surface area contributed by atoms with Crippen LogP contribution in [0.4, 0.5) is 0 Å². The average Bonchev–Trinajstić information content (AvgIpc) is 2.76. The lowest BCUT2D eigenvalue weighted by Gasteiger charge is -2.18. The molecule has 2 rings (SSSR count). The number of hydrogen-bond donors (Lipinski definition) is 1. The number of aromatic nitrogens is 2. The van der Waals surface area contributed by atoms with Crippen LogP contribution in [0.25, 0.3) is 0 Å². The molecule has 1 aromatic heterocycles. The van der Waals surface area contributed by atoms with E-state index in [0.717, 1.165) is 44.2 Å². The highest BCUT2D eigenvalue weighted by Crippen LogP contribution is 2.28. The Morgan fingerprint density at radius 3 is 2.93 bits per heavy atom. The second-order valence-electron chi connectivity index (χ2n) is 3.70. The van der Waals surface area contributed by atoms with E-state index >= 15 is 0 Å². The maximum atomic E-state index is 5.34. The predicted molar refractivity (Wildman–Crippen MR) is 60.1 cm³/mol. The second kappa shape index (κ2) is 5.53. The van der Waals surface area contributed by atoms with Gasteiger partial charge in [-0.1, -0.05) is 18.3 Å². The second-order valence-corrected chi connectivity index (χ2v) is 4.79. The van der Waals surface area contributed by atoms with Crippen molar-refractivity contribution in [3.8, 4) is 0 Å². The van der Waals surface area contributed by atoms with Crippen LogP contribution in [-0.2, 0) is 11.3 Å². The molecule has 0 bridgehead atoms. The van der Waals surface area contributed by atoms with Crippen LogP contribution in [0.15, 0.2) is 0 Å². The van der Waals surface area contributed by atoms with Gasteiger partial charge in [-0.3, -0.25) is 0 Å². The molecule has 1 aliphatic rings. The molecule has 0 spiro atoms. The zero-order chi connectivity index (χ0) is 10.5. The molecule has 4 nitrogen and oxygen atoms in total. The zero-order valence-electron chi connectivity index (χ0n) is 9.03. The van der Waals surface area contributed by atoms with Crippen molar-refractivity contribution in [2.75, 3.05) is 19.8 Å². The van der Waals surface area contributed by atoms with E-state index in [1.807, 2.05) is 0 Å². The smallest absolute Gasteiger partial charge is 0.131 e. The highest BCUT2D eigenvalue weighted by atomic mass is 32.1. The van der Waals surface area contributed by atoms with Crippen LogP contribution in [0.2, 0.25) is 0 Å². The molecule has 84 valence electrons. The van der Waals surface area contributed by atoms with Crippen LogP contribution >= 0.6 is 11.3 Å². The first-order valence-electron chi connectivity index (χ1n) is 5.51. The van der Waals surface area contributed by atoms with Gasteiger partial charge in [0.1, 0.15) is 10.0 Å². The summed E-state index contributed by atoms with van der Waals surface area (Å²) in [7, 11) is 0. The highest BCUT2D eigenvalue weighted by Gasteiger charge is 2.19. The van der Waals surface area contributed by atoms with Crippen molar-refractivity contribution in [2.45, 2.75) is 32.2 Å². The van der Waals surface area contributed by atoms with Gasteiger partial charge in [0.25, 0.3) is 0 Å². The third-order valence-electron chi connectivity index (χ3n) is 2.58. The molecular weight excluding hydrogens is 210 g/mol. The summed E-state index contributed by atoms with van der Waals surface area (Å²) in [5.74, 6) is 0.576. The SMILES string of the molecule is CCNCc1nnc(C2CCOCC2)s1. The number of ether oxygens (including phenoxy) is 1. The molecule has 0 aliphatic carbocycles. The largest absolute Gasteiger partial charge is 0.381 e. The fourth-order valence-corrected chi connectivity index (χ4v) is 2.66.